The number of aryl methyl sites for hydroxylation is 1. The molecular formula is C10H9BrN2S. The van der Waals surface area contributed by atoms with Gasteiger partial charge >= 0.3 is 0 Å². The van der Waals surface area contributed by atoms with E-state index in [1.54, 1.807) is 0 Å². The molecule has 0 spiro atoms. The Hall–Kier alpha value is -0.740. The highest BCUT2D eigenvalue weighted by molar-refractivity contribution is 9.11. The minimum absolute atomic E-state index is 0.808. The molecule has 1 aromatic heterocycles. The standard InChI is InChI=1S/C10H9BrN2S/c1-7-2-4-8(5-3-7)6-9-12-10(11)14-13-9/h2-5H,6H2,1H3. The van der Waals surface area contributed by atoms with E-state index in [-0.39, 0.29) is 0 Å². The Labute approximate surface area is 95.3 Å². The van der Waals surface area contributed by atoms with Crippen LogP contribution >= 0.6 is 27.5 Å². The van der Waals surface area contributed by atoms with Crippen molar-refractivity contribution in [2.45, 2.75) is 13.3 Å². The van der Waals surface area contributed by atoms with Gasteiger partial charge in [0, 0.05) is 6.42 Å². The first kappa shape index (κ1) is 9.80. The Kier molecular flexibility index (Phi) is 2.93. The minimum atomic E-state index is 0.808. The Morgan fingerprint density at radius 2 is 2.00 bits per heavy atom. The fourth-order valence-electron chi connectivity index (χ4n) is 1.19. The van der Waals surface area contributed by atoms with Crippen molar-refractivity contribution < 1.29 is 0 Å². The molecule has 4 heteroatoms. The summed E-state index contributed by atoms with van der Waals surface area (Å²) in [5.74, 6) is 0.880. The van der Waals surface area contributed by atoms with E-state index in [1.165, 1.54) is 22.7 Å². The van der Waals surface area contributed by atoms with Crippen LogP contribution in [0.15, 0.2) is 28.2 Å². The third-order valence-corrected chi connectivity index (χ3v) is 3.08. The van der Waals surface area contributed by atoms with Crippen molar-refractivity contribution in [3.63, 3.8) is 0 Å². The smallest absolute Gasteiger partial charge is 0.179 e. The van der Waals surface area contributed by atoms with Gasteiger partial charge in [-0.1, -0.05) is 29.8 Å². The summed E-state index contributed by atoms with van der Waals surface area (Å²) >= 11 is 4.68. The van der Waals surface area contributed by atoms with Crippen molar-refractivity contribution >= 4 is 27.5 Å². The molecule has 0 fully saturated rings. The molecule has 1 heterocycles. The monoisotopic (exact) mass is 268 g/mol. The van der Waals surface area contributed by atoms with E-state index in [4.69, 9.17) is 0 Å². The largest absolute Gasteiger partial charge is 0.212 e. The van der Waals surface area contributed by atoms with Gasteiger partial charge in [0.15, 0.2) is 3.92 Å². The van der Waals surface area contributed by atoms with Gasteiger partial charge < -0.3 is 0 Å². The average Bonchev–Trinajstić information content (AvgIpc) is 2.56. The number of nitrogens with zero attached hydrogens (tertiary/aromatic N) is 2. The predicted molar refractivity (Wildman–Crippen MR) is 61.6 cm³/mol. The first-order valence-corrected chi connectivity index (χ1v) is 5.84. The summed E-state index contributed by atoms with van der Waals surface area (Å²) in [6.07, 6.45) is 0.808. The number of hydrogen-bond donors (Lipinski definition) is 0. The van der Waals surface area contributed by atoms with Crippen LogP contribution in [-0.4, -0.2) is 9.36 Å². The number of aromatic nitrogens is 2. The van der Waals surface area contributed by atoms with Gasteiger partial charge in [-0.2, -0.15) is 4.37 Å². The molecule has 0 aliphatic carbocycles. The van der Waals surface area contributed by atoms with E-state index in [0.717, 1.165) is 16.2 Å². The van der Waals surface area contributed by atoms with Crippen molar-refractivity contribution in [2.75, 3.05) is 0 Å². The zero-order chi connectivity index (χ0) is 9.97. The van der Waals surface area contributed by atoms with Gasteiger partial charge in [0.25, 0.3) is 0 Å². The number of halogens is 1. The molecule has 0 saturated carbocycles. The van der Waals surface area contributed by atoms with Gasteiger partial charge in [-0.05, 0) is 39.9 Å². The lowest BCUT2D eigenvalue weighted by Crippen LogP contribution is -1.90. The summed E-state index contributed by atoms with van der Waals surface area (Å²) in [6.45, 7) is 2.08. The number of hydrogen-bond acceptors (Lipinski definition) is 3. The molecular weight excluding hydrogens is 260 g/mol. The van der Waals surface area contributed by atoms with E-state index in [0.29, 0.717) is 0 Å². The van der Waals surface area contributed by atoms with E-state index in [2.05, 4.69) is 56.5 Å². The maximum absolute atomic E-state index is 4.25. The van der Waals surface area contributed by atoms with E-state index < -0.39 is 0 Å². The first-order chi connectivity index (χ1) is 6.74. The van der Waals surface area contributed by atoms with Crippen LogP contribution in [0.1, 0.15) is 17.0 Å². The molecule has 2 rings (SSSR count). The molecule has 0 aliphatic heterocycles. The normalized spacial score (nSPS) is 10.4. The maximum atomic E-state index is 4.25. The second-order valence-corrected chi connectivity index (χ2v) is 5.15. The van der Waals surface area contributed by atoms with Crippen molar-refractivity contribution in [1.29, 1.82) is 0 Å². The highest BCUT2D eigenvalue weighted by Gasteiger charge is 2.02. The average molecular weight is 269 g/mol. The quantitative estimate of drug-likeness (QED) is 0.836. The van der Waals surface area contributed by atoms with Crippen LogP contribution in [0, 0.1) is 6.92 Å². The molecule has 2 nitrogen and oxygen atoms in total. The molecule has 0 atom stereocenters. The highest BCUT2D eigenvalue weighted by Crippen LogP contribution is 2.14. The van der Waals surface area contributed by atoms with Crippen LogP contribution in [-0.2, 0) is 6.42 Å². The van der Waals surface area contributed by atoms with Crippen LogP contribution in [0.5, 0.6) is 0 Å². The predicted octanol–water partition coefficient (Wildman–Crippen LogP) is 3.20. The van der Waals surface area contributed by atoms with E-state index in [9.17, 15) is 0 Å². The third-order valence-electron chi connectivity index (χ3n) is 1.93. The molecule has 0 radical (unpaired) electrons. The van der Waals surface area contributed by atoms with Crippen LogP contribution < -0.4 is 0 Å². The molecule has 0 bridgehead atoms. The Morgan fingerprint density at radius 3 is 2.57 bits per heavy atom. The SMILES string of the molecule is Cc1ccc(Cc2nsc(Br)n2)cc1. The van der Waals surface area contributed by atoms with Gasteiger partial charge in [0.05, 0.1) is 0 Å². The number of benzene rings is 1. The Morgan fingerprint density at radius 1 is 1.29 bits per heavy atom. The van der Waals surface area contributed by atoms with Gasteiger partial charge in [0.2, 0.25) is 0 Å². The van der Waals surface area contributed by atoms with Gasteiger partial charge in [0.1, 0.15) is 5.82 Å². The summed E-state index contributed by atoms with van der Waals surface area (Å²) in [6, 6.07) is 8.45. The third kappa shape index (κ3) is 2.39. The lowest BCUT2D eigenvalue weighted by Gasteiger charge is -1.97. The maximum Gasteiger partial charge on any atom is 0.179 e. The summed E-state index contributed by atoms with van der Waals surface area (Å²) in [5, 5.41) is 0. The van der Waals surface area contributed by atoms with Gasteiger partial charge in [-0.15, -0.1) is 0 Å². The van der Waals surface area contributed by atoms with Crippen LogP contribution in [0.4, 0.5) is 0 Å². The second kappa shape index (κ2) is 4.19. The molecule has 0 amide bonds. The topological polar surface area (TPSA) is 25.8 Å². The summed E-state index contributed by atoms with van der Waals surface area (Å²) in [7, 11) is 0. The Bertz CT molecular complexity index is 422. The summed E-state index contributed by atoms with van der Waals surface area (Å²) in [5.41, 5.74) is 2.53. The lowest BCUT2D eigenvalue weighted by atomic mass is 10.1. The molecule has 0 unspecified atom stereocenters. The molecule has 2 aromatic rings. The molecule has 0 N–H and O–H groups in total. The highest BCUT2D eigenvalue weighted by atomic mass is 79.9. The lowest BCUT2D eigenvalue weighted by molar-refractivity contribution is 1.03. The van der Waals surface area contributed by atoms with Crippen LogP contribution in [0.3, 0.4) is 0 Å². The molecule has 1 aromatic carbocycles. The van der Waals surface area contributed by atoms with Crippen LogP contribution in [0.2, 0.25) is 0 Å². The molecule has 72 valence electrons. The van der Waals surface area contributed by atoms with Crippen LogP contribution in [0.25, 0.3) is 0 Å². The van der Waals surface area contributed by atoms with Crippen molar-refractivity contribution in [3.8, 4) is 0 Å². The van der Waals surface area contributed by atoms with Gasteiger partial charge in [-0.25, -0.2) is 4.98 Å². The fraction of sp³-hybridized carbons (Fsp3) is 0.200. The summed E-state index contributed by atoms with van der Waals surface area (Å²) in [4.78, 5) is 4.25. The van der Waals surface area contributed by atoms with Crippen molar-refractivity contribution in [2.24, 2.45) is 0 Å². The zero-order valence-electron chi connectivity index (χ0n) is 7.70. The fourth-order valence-corrected chi connectivity index (χ4v) is 2.05. The van der Waals surface area contributed by atoms with E-state index in [1.807, 2.05) is 0 Å². The molecule has 0 saturated heterocycles. The summed E-state index contributed by atoms with van der Waals surface area (Å²) < 4.78 is 5.06. The van der Waals surface area contributed by atoms with Gasteiger partial charge in [-0.3, -0.25) is 0 Å². The molecule has 0 aliphatic rings. The molecule has 14 heavy (non-hydrogen) atoms. The minimum Gasteiger partial charge on any atom is -0.212 e. The Balaban J connectivity index is 2.15. The van der Waals surface area contributed by atoms with Crippen molar-refractivity contribution in [3.05, 3.63) is 45.1 Å². The second-order valence-electron chi connectivity index (χ2n) is 3.13. The zero-order valence-corrected chi connectivity index (χ0v) is 10.1. The number of rotatable bonds is 2. The first-order valence-electron chi connectivity index (χ1n) is 4.27. The van der Waals surface area contributed by atoms with E-state index >= 15 is 0 Å². The van der Waals surface area contributed by atoms with Crippen molar-refractivity contribution in [1.82, 2.24) is 9.36 Å².